The van der Waals surface area contributed by atoms with Crippen molar-refractivity contribution >= 4 is 16.8 Å². The van der Waals surface area contributed by atoms with Crippen LogP contribution in [0.5, 0.6) is 0 Å². The second kappa shape index (κ2) is 4.54. The van der Waals surface area contributed by atoms with Crippen LogP contribution in [0.4, 0.5) is 8.78 Å². The first-order valence-electron chi connectivity index (χ1n) is 7.70. The van der Waals surface area contributed by atoms with E-state index in [1.54, 1.807) is 4.90 Å². The van der Waals surface area contributed by atoms with E-state index in [2.05, 4.69) is 0 Å². The van der Waals surface area contributed by atoms with Crippen LogP contribution in [0.15, 0.2) is 36.5 Å². The predicted octanol–water partition coefficient (Wildman–Crippen LogP) is 3.29. The van der Waals surface area contributed by atoms with Gasteiger partial charge in [-0.25, -0.2) is 8.78 Å². The molecule has 3 nitrogen and oxygen atoms in total. The van der Waals surface area contributed by atoms with Crippen LogP contribution in [0, 0.1) is 5.41 Å². The Balaban J connectivity index is 1.43. The highest BCUT2D eigenvalue weighted by atomic mass is 19.3. The van der Waals surface area contributed by atoms with E-state index >= 15 is 0 Å². The summed E-state index contributed by atoms with van der Waals surface area (Å²) >= 11 is 0. The Labute approximate surface area is 127 Å². The first-order chi connectivity index (χ1) is 10.5. The second-order valence-electron chi connectivity index (χ2n) is 6.54. The Morgan fingerprint density at radius 2 is 1.82 bits per heavy atom. The number of halogens is 2. The molecule has 1 spiro atoms. The van der Waals surface area contributed by atoms with Crippen molar-refractivity contribution in [2.24, 2.45) is 5.41 Å². The number of para-hydroxylation sites is 1. The second-order valence-corrected chi connectivity index (χ2v) is 6.54. The highest BCUT2D eigenvalue weighted by molar-refractivity contribution is 5.83. The molecule has 0 unspecified atom stereocenters. The van der Waals surface area contributed by atoms with E-state index < -0.39 is 11.3 Å². The molecule has 2 fully saturated rings. The summed E-state index contributed by atoms with van der Waals surface area (Å²) in [6, 6.07) is 9.89. The van der Waals surface area contributed by atoms with E-state index in [0.29, 0.717) is 25.9 Å². The molecular formula is C17H18F2N2O. The van der Waals surface area contributed by atoms with Crippen LogP contribution >= 0.6 is 0 Å². The highest BCUT2D eigenvalue weighted by Crippen LogP contribution is 2.65. The van der Waals surface area contributed by atoms with Crippen molar-refractivity contribution in [2.45, 2.75) is 31.7 Å². The number of nitrogens with zero attached hydrogens (tertiary/aromatic N) is 2. The van der Waals surface area contributed by atoms with Gasteiger partial charge in [0.1, 0.15) is 6.54 Å². The zero-order chi connectivity index (χ0) is 15.4. The number of benzene rings is 1. The number of hydrogen-bond donors (Lipinski definition) is 0. The van der Waals surface area contributed by atoms with Gasteiger partial charge < -0.3 is 9.47 Å². The molecule has 1 aromatic heterocycles. The number of fused-ring (bicyclic) bond motifs is 1. The Morgan fingerprint density at radius 3 is 2.50 bits per heavy atom. The maximum atomic E-state index is 13.4. The fourth-order valence-electron chi connectivity index (χ4n) is 3.63. The third-order valence-electron chi connectivity index (χ3n) is 5.27. The number of rotatable bonds is 2. The molecule has 1 aliphatic carbocycles. The third kappa shape index (κ3) is 2.02. The monoisotopic (exact) mass is 304 g/mol. The van der Waals surface area contributed by atoms with Crippen LogP contribution in [0.3, 0.4) is 0 Å². The minimum absolute atomic E-state index is 0.00423. The van der Waals surface area contributed by atoms with Crippen molar-refractivity contribution in [2.75, 3.05) is 13.1 Å². The highest BCUT2D eigenvalue weighted by Gasteiger charge is 2.70. The van der Waals surface area contributed by atoms with Gasteiger partial charge in [0.2, 0.25) is 5.91 Å². The van der Waals surface area contributed by atoms with Gasteiger partial charge in [-0.1, -0.05) is 18.2 Å². The van der Waals surface area contributed by atoms with E-state index in [0.717, 1.165) is 10.9 Å². The zero-order valence-corrected chi connectivity index (χ0v) is 12.3. The van der Waals surface area contributed by atoms with Crippen molar-refractivity contribution in [1.82, 2.24) is 9.47 Å². The van der Waals surface area contributed by atoms with Crippen LogP contribution < -0.4 is 0 Å². The number of likely N-dealkylation sites (tertiary alicyclic amines) is 1. The summed E-state index contributed by atoms with van der Waals surface area (Å²) in [4.78, 5) is 14.2. The summed E-state index contributed by atoms with van der Waals surface area (Å²) in [7, 11) is 0. The van der Waals surface area contributed by atoms with E-state index in [1.807, 2.05) is 41.1 Å². The summed E-state index contributed by atoms with van der Waals surface area (Å²) in [5.41, 5.74) is 0.224. The fraction of sp³-hybridized carbons (Fsp3) is 0.471. The number of aromatic nitrogens is 1. The minimum Gasteiger partial charge on any atom is -0.341 e. The van der Waals surface area contributed by atoms with E-state index in [4.69, 9.17) is 0 Å². The number of hydrogen-bond acceptors (Lipinski definition) is 1. The molecule has 0 radical (unpaired) electrons. The van der Waals surface area contributed by atoms with Gasteiger partial charge in [-0.05, 0) is 30.4 Å². The Morgan fingerprint density at radius 1 is 1.14 bits per heavy atom. The quantitative estimate of drug-likeness (QED) is 0.836. The van der Waals surface area contributed by atoms with Crippen molar-refractivity contribution in [3.05, 3.63) is 36.5 Å². The summed E-state index contributed by atoms with van der Waals surface area (Å²) in [5.74, 6) is -2.49. The lowest BCUT2D eigenvalue weighted by molar-refractivity contribution is -0.134. The van der Waals surface area contributed by atoms with Gasteiger partial charge in [0, 0.05) is 36.6 Å². The number of amides is 1. The molecule has 0 atom stereocenters. The van der Waals surface area contributed by atoms with Gasteiger partial charge in [-0.2, -0.15) is 0 Å². The lowest BCUT2D eigenvalue weighted by Crippen LogP contribution is -2.41. The maximum Gasteiger partial charge on any atom is 0.254 e. The van der Waals surface area contributed by atoms with Crippen molar-refractivity contribution in [1.29, 1.82) is 0 Å². The first-order valence-corrected chi connectivity index (χ1v) is 7.70. The average Bonchev–Trinajstić information content (AvgIpc) is 2.84. The first kappa shape index (κ1) is 13.7. The van der Waals surface area contributed by atoms with Crippen molar-refractivity contribution in [3.63, 3.8) is 0 Å². The predicted molar refractivity (Wildman–Crippen MR) is 79.7 cm³/mol. The van der Waals surface area contributed by atoms with Gasteiger partial charge in [0.25, 0.3) is 5.92 Å². The van der Waals surface area contributed by atoms with E-state index in [9.17, 15) is 13.6 Å². The molecule has 22 heavy (non-hydrogen) atoms. The number of alkyl halides is 2. The van der Waals surface area contributed by atoms with Crippen LogP contribution in [-0.2, 0) is 11.3 Å². The molecule has 0 N–H and O–H groups in total. The zero-order valence-electron chi connectivity index (χ0n) is 12.3. The molecular weight excluding hydrogens is 286 g/mol. The molecule has 2 aliphatic rings. The molecule has 4 rings (SSSR count). The Hall–Kier alpha value is -1.91. The molecule has 116 valence electrons. The molecule has 1 saturated heterocycles. The van der Waals surface area contributed by atoms with Crippen molar-refractivity contribution < 1.29 is 13.6 Å². The van der Waals surface area contributed by atoms with Gasteiger partial charge in [0.05, 0.1) is 0 Å². The molecule has 0 bridgehead atoms. The smallest absolute Gasteiger partial charge is 0.254 e. The Bertz CT molecular complexity index is 729. The van der Waals surface area contributed by atoms with Crippen LogP contribution in [0.1, 0.15) is 19.3 Å². The number of piperidine rings is 1. The fourth-order valence-corrected chi connectivity index (χ4v) is 3.63. The summed E-state index contributed by atoms with van der Waals surface area (Å²) in [6.07, 6.45) is 2.77. The minimum atomic E-state index is -2.50. The third-order valence-corrected chi connectivity index (χ3v) is 5.27. The number of carbonyl (C=O) groups excluding carboxylic acids is 1. The number of carbonyl (C=O) groups is 1. The molecule has 2 heterocycles. The largest absolute Gasteiger partial charge is 0.341 e. The van der Waals surface area contributed by atoms with Gasteiger partial charge in [-0.3, -0.25) is 4.79 Å². The summed E-state index contributed by atoms with van der Waals surface area (Å²) < 4.78 is 28.7. The molecule has 1 saturated carbocycles. The standard InChI is InChI=1S/C17H18F2N2O/c18-17(19)12-16(17)6-9-20(10-7-16)15(22)11-21-8-5-13-3-1-2-4-14(13)21/h1-5,8H,6-7,9-12H2. The van der Waals surface area contributed by atoms with E-state index in [1.165, 1.54) is 0 Å². The molecule has 1 aliphatic heterocycles. The van der Waals surface area contributed by atoms with Gasteiger partial charge >= 0.3 is 0 Å². The molecule has 1 amide bonds. The maximum absolute atomic E-state index is 13.4. The van der Waals surface area contributed by atoms with Crippen LogP contribution in [-0.4, -0.2) is 34.4 Å². The molecule has 5 heteroatoms. The summed E-state index contributed by atoms with van der Waals surface area (Å²) in [6.45, 7) is 1.18. The normalized spacial score (nSPS) is 22.2. The van der Waals surface area contributed by atoms with Crippen LogP contribution in [0.2, 0.25) is 0 Å². The average molecular weight is 304 g/mol. The van der Waals surface area contributed by atoms with Gasteiger partial charge in [-0.15, -0.1) is 0 Å². The van der Waals surface area contributed by atoms with Crippen LogP contribution in [0.25, 0.3) is 10.9 Å². The van der Waals surface area contributed by atoms with E-state index in [-0.39, 0.29) is 18.9 Å². The SMILES string of the molecule is O=C(Cn1ccc2ccccc21)N1CCC2(CC1)CC2(F)F. The molecule has 2 aromatic rings. The van der Waals surface area contributed by atoms with Gasteiger partial charge in [0.15, 0.2) is 0 Å². The van der Waals surface area contributed by atoms with Crippen molar-refractivity contribution in [3.8, 4) is 0 Å². The summed E-state index contributed by atoms with van der Waals surface area (Å²) in [5, 5.41) is 1.10. The Kier molecular flexibility index (Phi) is 2.83. The lowest BCUT2D eigenvalue weighted by atomic mass is 9.93. The molecule has 1 aromatic carbocycles. The lowest BCUT2D eigenvalue weighted by Gasteiger charge is -2.32. The topological polar surface area (TPSA) is 25.2 Å².